The van der Waals surface area contributed by atoms with Gasteiger partial charge in [0, 0.05) is 14.1 Å². The summed E-state index contributed by atoms with van der Waals surface area (Å²) in [6.45, 7) is 0. The van der Waals surface area contributed by atoms with E-state index >= 15 is 0 Å². The molecule has 24 heteroatoms. The molecule has 0 saturated heterocycles. The molecule has 0 aromatic rings. The fraction of sp³-hybridized carbons (Fsp3) is 0.500. The van der Waals surface area contributed by atoms with E-state index in [1.165, 1.54) is 0 Å². The van der Waals surface area contributed by atoms with Gasteiger partial charge in [0.2, 0.25) is 0 Å². The zero-order valence-corrected chi connectivity index (χ0v) is 23.1. The topological polar surface area (TPSA) is 428 Å². The van der Waals surface area contributed by atoms with Crippen LogP contribution in [0.2, 0.25) is 0 Å². The molecule has 0 aliphatic rings. The Labute approximate surface area is 225 Å². The third kappa shape index (κ3) is 19.1. The molecule has 0 rings (SSSR count). The van der Waals surface area contributed by atoms with E-state index in [0.717, 1.165) is 14.1 Å². The average molecular weight is 538 g/mol. The van der Waals surface area contributed by atoms with Gasteiger partial charge in [0.1, 0.15) is 0 Å². The number of rotatable bonds is 6. The van der Waals surface area contributed by atoms with Gasteiger partial charge in [0.15, 0.2) is 23.5 Å². The first-order valence-electron chi connectivity index (χ1n) is 6.01. The maximum absolute atomic E-state index is 10.6. The molecule has 32 heavy (non-hydrogen) atoms. The molecule has 184 valence electrons. The Bertz CT molecular complexity index is 618. The van der Waals surface area contributed by atoms with E-state index in [9.17, 15) is 28.9 Å². The normalized spacial score (nSPS) is 10.9. The van der Waals surface area contributed by atoms with E-state index in [4.69, 9.17) is 41.9 Å². The first-order chi connectivity index (χ1) is 11.4. The van der Waals surface area contributed by atoms with E-state index < -0.39 is 50.6 Å². The second-order valence-electron chi connectivity index (χ2n) is 4.56. The van der Waals surface area contributed by atoms with Crippen molar-refractivity contribution in [3.8, 4) is 0 Å². The summed E-state index contributed by atoms with van der Waals surface area (Å²) in [5.74, 6) is -9.93. The van der Waals surface area contributed by atoms with Crippen molar-refractivity contribution in [3.63, 3.8) is 0 Å². The Morgan fingerprint density at radius 3 is 0.938 bits per heavy atom. The fourth-order valence-electron chi connectivity index (χ4n) is 1.31. The molecule has 0 heterocycles. The molecule has 2 unspecified atom stereocenters. The number of carbonyl (C=O) groups is 2. The van der Waals surface area contributed by atoms with Crippen molar-refractivity contribution in [1.82, 2.24) is 9.80 Å². The first kappa shape index (κ1) is 53.1. The summed E-state index contributed by atoms with van der Waals surface area (Å²) >= 11 is 0. The Morgan fingerprint density at radius 2 is 0.906 bits per heavy atom. The van der Waals surface area contributed by atoms with E-state index in [2.05, 4.69) is 0 Å². The minimum atomic E-state index is -4.90. The molecule has 0 saturated carbocycles. The van der Waals surface area contributed by atoms with Gasteiger partial charge in [-0.15, -0.1) is 0 Å². The van der Waals surface area contributed by atoms with Crippen molar-refractivity contribution >= 4 is 39.0 Å². The number of hydrogen-bond donors (Lipinski definition) is 8. The minimum Gasteiger partial charge on any atom is -0.547 e. The van der Waals surface area contributed by atoms with E-state index in [1.807, 2.05) is 0 Å². The second kappa shape index (κ2) is 21.2. The van der Waals surface area contributed by atoms with Crippen LogP contribution in [-0.4, -0.2) is 101 Å². The SMILES string of the molecule is CN(C(=N)N)C(C(=O)[O-])P(=O)(O)O.CN(C(=N)N)C(C(=O)[O-])P(=O)(O)O.O.O.O.O.[Na+].[Na+]. The first-order valence-corrected chi connectivity index (χ1v) is 9.37. The van der Waals surface area contributed by atoms with Crippen molar-refractivity contribution in [3.05, 3.63) is 0 Å². The van der Waals surface area contributed by atoms with Gasteiger partial charge < -0.3 is 82.5 Å². The summed E-state index contributed by atoms with van der Waals surface area (Å²) in [5, 5.41) is 34.1. The van der Waals surface area contributed by atoms with E-state index in [1.54, 1.807) is 0 Å². The van der Waals surface area contributed by atoms with E-state index in [-0.39, 0.29) is 81.0 Å². The molecule has 18 N–H and O–H groups in total. The van der Waals surface area contributed by atoms with Crippen LogP contribution in [0.15, 0.2) is 0 Å². The van der Waals surface area contributed by atoms with Gasteiger partial charge in [-0.05, 0) is 0 Å². The van der Waals surface area contributed by atoms with Crippen molar-refractivity contribution in [2.75, 3.05) is 14.1 Å². The number of hydrogen-bond acceptors (Lipinski definition) is 8. The second-order valence-corrected chi connectivity index (χ2v) is 7.89. The molecule has 0 spiro atoms. The quantitative estimate of drug-likeness (QED) is 0.0673. The van der Waals surface area contributed by atoms with Gasteiger partial charge in [-0.1, -0.05) is 0 Å². The van der Waals surface area contributed by atoms with Gasteiger partial charge >= 0.3 is 74.3 Å². The summed E-state index contributed by atoms with van der Waals surface area (Å²) in [6, 6.07) is 0. The minimum absolute atomic E-state index is 0. The maximum atomic E-state index is 10.6. The number of carbonyl (C=O) groups excluding carboxylic acids is 2. The monoisotopic (exact) mass is 538 g/mol. The molecule has 0 aromatic carbocycles. The number of guanidine groups is 2. The van der Waals surface area contributed by atoms with Crippen LogP contribution >= 0.6 is 15.2 Å². The van der Waals surface area contributed by atoms with Crippen LogP contribution in [0.5, 0.6) is 0 Å². The molecule has 0 bridgehead atoms. The van der Waals surface area contributed by atoms with Gasteiger partial charge in [0.05, 0.1) is 11.9 Å². The molecule has 0 amide bonds. The number of likely N-dealkylation sites (N-methyl/N-ethyl adjacent to an activating group) is 2. The number of carboxylic acid groups (broad SMARTS) is 2. The number of nitrogens with two attached hydrogens (primary N) is 2. The van der Waals surface area contributed by atoms with Crippen LogP contribution < -0.4 is 80.8 Å². The Kier molecular flexibility index (Phi) is 35.2. The summed E-state index contributed by atoms with van der Waals surface area (Å²) < 4.78 is 21.2. The third-order valence-corrected chi connectivity index (χ3v) is 4.94. The maximum Gasteiger partial charge on any atom is 1.00 e. The Morgan fingerprint density at radius 1 is 0.750 bits per heavy atom. The van der Waals surface area contributed by atoms with Crippen molar-refractivity contribution in [2.45, 2.75) is 11.6 Å². The van der Waals surface area contributed by atoms with Crippen LogP contribution in [0.1, 0.15) is 0 Å². The third-order valence-electron chi connectivity index (χ3n) is 2.55. The molecule has 2 atom stereocenters. The van der Waals surface area contributed by atoms with E-state index in [0.29, 0.717) is 9.80 Å². The van der Waals surface area contributed by atoms with Crippen LogP contribution in [-0.2, 0) is 18.7 Å². The Balaban J connectivity index is -0.0000000505. The Hall–Kier alpha value is -0.380. The summed E-state index contributed by atoms with van der Waals surface area (Å²) in [5.41, 5.74) is 9.69. The average Bonchev–Trinajstić information content (AvgIpc) is 2.34. The van der Waals surface area contributed by atoms with Crippen LogP contribution in [0.25, 0.3) is 0 Å². The number of carboxylic acids is 2. The molecule has 0 aliphatic heterocycles. The summed E-state index contributed by atoms with van der Waals surface area (Å²) in [7, 11) is -7.85. The molecule has 20 nitrogen and oxygen atoms in total. The molecular formula is C8H26N6Na2O14P2. The summed E-state index contributed by atoms with van der Waals surface area (Å²) in [4.78, 5) is 55.7. The van der Waals surface area contributed by atoms with Crippen LogP contribution in [0.3, 0.4) is 0 Å². The fourth-order valence-corrected chi connectivity index (χ4v) is 3.01. The largest absolute Gasteiger partial charge is 1.00 e. The van der Waals surface area contributed by atoms with Crippen LogP contribution in [0.4, 0.5) is 0 Å². The molecule has 0 aliphatic carbocycles. The zero-order chi connectivity index (χ0) is 21.6. The number of aliphatic carboxylic acids is 2. The number of nitrogens with one attached hydrogen (secondary N) is 2. The van der Waals surface area contributed by atoms with Crippen molar-refractivity contribution in [1.29, 1.82) is 10.8 Å². The molecule has 0 radical (unpaired) electrons. The van der Waals surface area contributed by atoms with Crippen LogP contribution in [0, 0.1) is 10.8 Å². The molecule has 0 fully saturated rings. The van der Waals surface area contributed by atoms with Crippen molar-refractivity contribution in [2.24, 2.45) is 11.5 Å². The number of nitrogens with zero attached hydrogens (tertiary/aromatic N) is 2. The van der Waals surface area contributed by atoms with Gasteiger partial charge in [-0.2, -0.15) is 0 Å². The van der Waals surface area contributed by atoms with Gasteiger partial charge in [0.25, 0.3) is 0 Å². The van der Waals surface area contributed by atoms with Crippen molar-refractivity contribution < 1.29 is 130 Å². The summed E-state index contributed by atoms with van der Waals surface area (Å²) in [6.07, 6.45) is 0. The van der Waals surface area contributed by atoms with Gasteiger partial charge in [-0.3, -0.25) is 19.9 Å². The predicted octanol–water partition coefficient (Wildman–Crippen LogP) is -15.2. The zero-order valence-electron chi connectivity index (χ0n) is 17.3. The molecule has 0 aromatic heterocycles. The van der Waals surface area contributed by atoms with Gasteiger partial charge in [-0.25, -0.2) is 0 Å². The smallest absolute Gasteiger partial charge is 0.547 e. The standard InChI is InChI=1S/2C4H10N3O5P.2Na.4H2O/c2*1-7(4(5)6)2(3(8)9)13(10,11)12;;;;;;/h2*2H,1H3,(H3,5,6)(H,8,9)(H2,10,11,12);;;4*1H2/q;;2*+1;;;;/p-2. The molecular weight excluding hydrogens is 512 g/mol. The predicted molar refractivity (Wildman–Crippen MR) is 95.5 cm³/mol.